The second kappa shape index (κ2) is 4.23. The molecule has 0 atom stereocenters. The Labute approximate surface area is 102 Å². The van der Waals surface area contributed by atoms with Crippen LogP contribution in [0.5, 0.6) is 0 Å². The van der Waals surface area contributed by atoms with Gasteiger partial charge in [-0.3, -0.25) is 0 Å². The van der Waals surface area contributed by atoms with Gasteiger partial charge in [-0.05, 0) is 12.1 Å². The Morgan fingerprint density at radius 3 is 2.94 bits per heavy atom. The molecular formula is C11H11N5S. The highest BCUT2D eigenvalue weighted by molar-refractivity contribution is 7.18. The molecule has 0 spiro atoms. The van der Waals surface area contributed by atoms with Crippen LogP contribution in [0.15, 0.2) is 30.5 Å². The lowest BCUT2D eigenvalue weighted by atomic mass is 10.3. The Hall–Kier alpha value is -1.79. The van der Waals surface area contributed by atoms with Crippen LogP contribution in [0.2, 0.25) is 0 Å². The number of fused-ring (bicyclic) bond motifs is 1. The SMILES string of the molecule is NCc1cn(Cc2nc3ccccc3s2)nn1. The number of rotatable bonds is 3. The molecule has 2 heterocycles. The first-order valence-electron chi connectivity index (χ1n) is 5.28. The monoisotopic (exact) mass is 245 g/mol. The van der Waals surface area contributed by atoms with Crippen LogP contribution in [-0.4, -0.2) is 20.0 Å². The summed E-state index contributed by atoms with van der Waals surface area (Å²) in [6, 6.07) is 8.10. The van der Waals surface area contributed by atoms with Crippen molar-refractivity contribution in [3.63, 3.8) is 0 Å². The van der Waals surface area contributed by atoms with Gasteiger partial charge in [-0.25, -0.2) is 9.67 Å². The number of thiazole rings is 1. The van der Waals surface area contributed by atoms with Gasteiger partial charge in [-0.1, -0.05) is 17.3 Å². The van der Waals surface area contributed by atoms with Crippen LogP contribution in [-0.2, 0) is 13.1 Å². The predicted molar refractivity (Wildman–Crippen MR) is 66.6 cm³/mol. The molecular weight excluding hydrogens is 234 g/mol. The van der Waals surface area contributed by atoms with E-state index in [2.05, 4.69) is 21.4 Å². The molecule has 0 bridgehead atoms. The lowest BCUT2D eigenvalue weighted by Crippen LogP contribution is -1.99. The summed E-state index contributed by atoms with van der Waals surface area (Å²) in [4.78, 5) is 4.54. The molecule has 0 aliphatic heterocycles. The number of benzene rings is 1. The first kappa shape index (κ1) is 10.4. The van der Waals surface area contributed by atoms with Gasteiger partial charge in [0.15, 0.2) is 0 Å². The molecule has 5 nitrogen and oxygen atoms in total. The summed E-state index contributed by atoms with van der Waals surface area (Å²) in [6.45, 7) is 1.06. The van der Waals surface area contributed by atoms with Gasteiger partial charge in [-0.2, -0.15) is 0 Å². The summed E-state index contributed by atoms with van der Waals surface area (Å²) in [5, 5.41) is 8.98. The molecule has 3 rings (SSSR count). The summed E-state index contributed by atoms with van der Waals surface area (Å²) in [5.41, 5.74) is 7.32. The topological polar surface area (TPSA) is 69.6 Å². The van der Waals surface area contributed by atoms with Gasteiger partial charge in [0.2, 0.25) is 0 Å². The van der Waals surface area contributed by atoms with Crippen LogP contribution < -0.4 is 5.73 Å². The molecule has 6 heteroatoms. The first-order chi connectivity index (χ1) is 8.35. The average molecular weight is 245 g/mol. The third-order valence-corrected chi connectivity index (χ3v) is 3.45. The summed E-state index contributed by atoms with van der Waals surface area (Å²) < 4.78 is 2.96. The number of nitrogens with zero attached hydrogens (tertiary/aromatic N) is 4. The highest BCUT2D eigenvalue weighted by Gasteiger charge is 2.05. The van der Waals surface area contributed by atoms with E-state index in [-0.39, 0.29) is 0 Å². The van der Waals surface area contributed by atoms with E-state index in [1.807, 2.05) is 24.4 Å². The Bertz CT molecular complexity index is 609. The van der Waals surface area contributed by atoms with Gasteiger partial charge in [0.05, 0.1) is 28.7 Å². The molecule has 0 aliphatic rings. The van der Waals surface area contributed by atoms with E-state index in [0.29, 0.717) is 13.1 Å². The number of para-hydroxylation sites is 1. The zero-order chi connectivity index (χ0) is 11.7. The van der Waals surface area contributed by atoms with Gasteiger partial charge in [0.25, 0.3) is 0 Å². The lowest BCUT2D eigenvalue weighted by molar-refractivity contribution is 0.647. The fourth-order valence-electron chi connectivity index (χ4n) is 1.64. The largest absolute Gasteiger partial charge is 0.325 e. The number of aromatic nitrogens is 4. The zero-order valence-electron chi connectivity index (χ0n) is 9.08. The minimum absolute atomic E-state index is 0.417. The maximum absolute atomic E-state index is 5.49. The molecule has 0 saturated heterocycles. The van der Waals surface area contributed by atoms with Crippen molar-refractivity contribution in [3.8, 4) is 0 Å². The molecule has 0 aliphatic carbocycles. The normalized spacial score (nSPS) is 11.1. The number of hydrogen-bond acceptors (Lipinski definition) is 5. The minimum Gasteiger partial charge on any atom is -0.325 e. The van der Waals surface area contributed by atoms with Gasteiger partial charge < -0.3 is 5.73 Å². The second-order valence-electron chi connectivity index (χ2n) is 3.69. The fraction of sp³-hybridized carbons (Fsp3) is 0.182. The minimum atomic E-state index is 0.417. The first-order valence-corrected chi connectivity index (χ1v) is 6.10. The van der Waals surface area contributed by atoms with Crippen molar-refractivity contribution < 1.29 is 0 Å². The van der Waals surface area contributed by atoms with E-state index >= 15 is 0 Å². The van der Waals surface area contributed by atoms with Crippen LogP contribution in [0.4, 0.5) is 0 Å². The highest BCUT2D eigenvalue weighted by Crippen LogP contribution is 2.21. The van der Waals surface area contributed by atoms with Gasteiger partial charge in [0, 0.05) is 6.54 Å². The van der Waals surface area contributed by atoms with Crippen molar-refractivity contribution in [1.29, 1.82) is 0 Å². The highest BCUT2D eigenvalue weighted by atomic mass is 32.1. The quantitative estimate of drug-likeness (QED) is 0.757. The second-order valence-corrected chi connectivity index (χ2v) is 4.80. The Kier molecular flexibility index (Phi) is 2.58. The summed E-state index contributed by atoms with van der Waals surface area (Å²) in [7, 11) is 0. The van der Waals surface area contributed by atoms with E-state index in [0.717, 1.165) is 16.2 Å². The van der Waals surface area contributed by atoms with Crippen molar-refractivity contribution in [3.05, 3.63) is 41.2 Å². The molecule has 2 aromatic heterocycles. The zero-order valence-corrected chi connectivity index (χ0v) is 9.89. The molecule has 2 N–H and O–H groups in total. The molecule has 0 radical (unpaired) electrons. The van der Waals surface area contributed by atoms with Crippen molar-refractivity contribution in [2.75, 3.05) is 0 Å². The van der Waals surface area contributed by atoms with Crippen LogP contribution in [0.3, 0.4) is 0 Å². The molecule has 0 fully saturated rings. The molecule has 1 aromatic carbocycles. The Balaban J connectivity index is 1.89. The summed E-state index contributed by atoms with van der Waals surface area (Å²) in [6.07, 6.45) is 1.85. The van der Waals surface area contributed by atoms with Crippen LogP contribution in [0, 0.1) is 0 Å². The molecule has 0 unspecified atom stereocenters. The van der Waals surface area contributed by atoms with Crippen molar-refractivity contribution in [2.45, 2.75) is 13.1 Å². The number of nitrogens with two attached hydrogens (primary N) is 1. The van der Waals surface area contributed by atoms with Crippen LogP contribution >= 0.6 is 11.3 Å². The van der Waals surface area contributed by atoms with Gasteiger partial charge in [-0.15, -0.1) is 16.4 Å². The molecule has 0 saturated carbocycles. The Morgan fingerprint density at radius 2 is 2.18 bits per heavy atom. The third kappa shape index (κ3) is 2.04. The van der Waals surface area contributed by atoms with E-state index in [4.69, 9.17) is 5.73 Å². The van der Waals surface area contributed by atoms with E-state index in [1.165, 1.54) is 4.70 Å². The van der Waals surface area contributed by atoms with E-state index < -0.39 is 0 Å². The maximum Gasteiger partial charge on any atom is 0.115 e. The van der Waals surface area contributed by atoms with Crippen molar-refractivity contribution >= 4 is 21.6 Å². The summed E-state index contributed by atoms with van der Waals surface area (Å²) in [5.74, 6) is 0. The van der Waals surface area contributed by atoms with Gasteiger partial charge >= 0.3 is 0 Å². The average Bonchev–Trinajstić information content (AvgIpc) is 2.94. The smallest absolute Gasteiger partial charge is 0.115 e. The Morgan fingerprint density at radius 1 is 1.29 bits per heavy atom. The number of hydrogen-bond donors (Lipinski definition) is 1. The van der Waals surface area contributed by atoms with Crippen molar-refractivity contribution in [1.82, 2.24) is 20.0 Å². The fourth-order valence-corrected chi connectivity index (χ4v) is 2.60. The van der Waals surface area contributed by atoms with Crippen LogP contribution in [0.1, 0.15) is 10.7 Å². The summed E-state index contributed by atoms with van der Waals surface area (Å²) >= 11 is 1.68. The molecule has 17 heavy (non-hydrogen) atoms. The lowest BCUT2D eigenvalue weighted by Gasteiger charge is -1.93. The maximum atomic E-state index is 5.49. The third-order valence-electron chi connectivity index (χ3n) is 2.43. The standard InChI is InChI=1S/C11H11N5S/c12-5-8-6-16(15-14-8)7-11-13-9-3-1-2-4-10(9)17-11/h1-4,6H,5,7,12H2. The van der Waals surface area contributed by atoms with Gasteiger partial charge in [0.1, 0.15) is 5.01 Å². The van der Waals surface area contributed by atoms with E-state index in [9.17, 15) is 0 Å². The van der Waals surface area contributed by atoms with Crippen molar-refractivity contribution in [2.24, 2.45) is 5.73 Å². The van der Waals surface area contributed by atoms with E-state index in [1.54, 1.807) is 16.0 Å². The molecule has 86 valence electrons. The van der Waals surface area contributed by atoms with Crippen LogP contribution in [0.25, 0.3) is 10.2 Å². The molecule has 0 amide bonds. The predicted octanol–water partition coefficient (Wildman–Crippen LogP) is 1.39. The molecule has 3 aromatic rings.